The van der Waals surface area contributed by atoms with Crippen molar-refractivity contribution in [2.45, 2.75) is 20.0 Å². The number of ether oxygens (including phenoxy) is 1. The fourth-order valence-electron chi connectivity index (χ4n) is 2.20. The van der Waals surface area contributed by atoms with Gasteiger partial charge in [-0.2, -0.15) is 4.98 Å². The fourth-order valence-corrected chi connectivity index (χ4v) is 2.20. The summed E-state index contributed by atoms with van der Waals surface area (Å²) in [7, 11) is 0. The van der Waals surface area contributed by atoms with Crippen LogP contribution in [0.15, 0.2) is 66.9 Å². The van der Waals surface area contributed by atoms with Crippen LogP contribution in [0.4, 0.5) is 23.1 Å². The number of para-hydroxylation sites is 3. The zero-order chi connectivity index (χ0) is 16.8. The molecule has 0 atom stereocenters. The van der Waals surface area contributed by atoms with Crippen LogP contribution in [0.3, 0.4) is 0 Å². The summed E-state index contributed by atoms with van der Waals surface area (Å²) < 4.78 is 5.82. The Hall–Kier alpha value is -3.08. The molecule has 5 nitrogen and oxygen atoms in total. The summed E-state index contributed by atoms with van der Waals surface area (Å²) in [5.41, 5.74) is 1.81. The van der Waals surface area contributed by atoms with Crippen LogP contribution < -0.4 is 15.4 Å². The Balaban J connectivity index is 1.78. The van der Waals surface area contributed by atoms with Gasteiger partial charge in [0, 0.05) is 11.9 Å². The second-order valence-electron chi connectivity index (χ2n) is 5.54. The zero-order valence-electron chi connectivity index (χ0n) is 13.7. The van der Waals surface area contributed by atoms with Crippen LogP contribution in [0.2, 0.25) is 0 Å². The maximum absolute atomic E-state index is 5.82. The highest BCUT2D eigenvalue weighted by atomic mass is 16.5. The molecule has 0 aliphatic rings. The maximum Gasteiger partial charge on any atom is 0.229 e. The number of rotatable bonds is 6. The first kappa shape index (κ1) is 15.8. The Morgan fingerprint density at radius 2 is 1.62 bits per heavy atom. The number of nitrogens with zero attached hydrogens (tertiary/aromatic N) is 2. The first-order chi connectivity index (χ1) is 11.7. The molecule has 0 saturated carbocycles. The van der Waals surface area contributed by atoms with E-state index in [9.17, 15) is 0 Å². The topological polar surface area (TPSA) is 59.1 Å². The van der Waals surface area contributed by atoms with Gasteiger partial charge in [0.1, 0.15) is 11.6 Å². The molecule has 0 aliphatic carbocycles. The van der Waals surface area contributed by atoms with Crippen molar-refractivity contribution < 1.29 is 4.74 Å². The molecule has 3 aromatic rings. The molecule has 122 valence electrons. The molecule has 0 amide bonds. The molecule has 0 aliphatic heterocycles. The van der Waals surface area contributed by atoms with E-state index in [2.05, 4.69) is 20.6 Å². The molecule has 0 unspecified atom stereocenters. The van der Waals surface area contributed by atoms with E-state index in [1.807, 2.05) is 74.5 Å². The van der Waals surface area contributed by atoms with Crippen LogP contribution in [0, 0.1) is 0 Å². The van der Waals surface area contributed by atoms with E-state index in [1.54, 1.807) is 6.20 Å². The molecular formula is C19H20N4O. The van der Waals surface area contributed by atoms with E-state index in [4.69, 9.17) is 4.74 Å². The molecule has 0 spiro atoms. The number of aromatic nitrogens is 2. The quantitative estimate of drug-likeness (QED) is 0.686. The molecular weight excluding hydrogens is 300 g/mol. The standard InChI is InChI=1S/C19H20N4O/c1-14(2)24-17-11-7-6-10-16(17)22-18-12-13-20-19(23-18)21-15-8-4-3-5-9-15/h3-14H,1-2H3,(H2,20,21,22,23). The van der Waals surface area contributed by atoms with Gasteiger partial charge in [0.15, 0.2) is 0 Å². The first-order valence-electron chi connectivity index (χ1n) is 7.88. The lowest BCUT2D eigenvalue weighted by atomic mass is 10.3. The zero-order valence-corrected chi connectivity index (χ0v) is 13.7. The Kier molecular flexibility index (Phi) is 4.91. The number of hydrogen-bond donors (Lipinski definition) is 2. The van der Waals surface area contributed by atoms with Gasteiger partial charge in [-0.1, -0.05) is 30.3 Å². The van der Waals surface area contributed by atoms with Crippen molar-refractivity contribution in [3.8, 4) is 5.75 Å². The molecule has 2 aromatic carbocycles. The second-order valence-corrected chi connectivity index (χ2v) is 5.54. The fraction of sp³-hybridized carbons (Fsp3) is 0.158. The Morgan fingerprint density at radius 3 is 2.42 bits per heavy atom. The van der Waals surface area contributed by atoms with Gasteiger partial charge in [0.05, 0.1) is 11.8 Å². The summed E-state index contributed by atoms with van der Waals surface area (Å²) in [6.07, 6.45) is 1.82. The Labute approximate surface area is 141 Å². The van der Waals surface area contributed by atoms with E-state index >= 15 is 0 Å². The monoisotopic (exact) mass is 320 g/mol. The summed E-state index contributed by atoms with van der Waals surface area (Å²) in [6, 6.07) is 19.5. The normalized spacial score (nSPS) is 10.5. The molecule has 0 saturated heterocycles. The van der Waals surface area contributed by atoms with Crippen molar-refractivity contribution in [1.82, 2.24) is 9.97 Å². The van der Waals surface area contributed by atoms with Gasteiger partial charge >= 0.3 is 0 Å². The van der Waals surface area contributed by atoms with E-state index in [1.165, 1.54) is 0 Å². The van der Waals surface area contributed by atoms with Crippen LogP contribution in [-0.4, -0.2) is 16.1 Å². The molecule has 0 bridgehead atoms. The predicted molar refractivity (Wildman–Crippen MR) is 97.2 cm³/mol. The third kappa shape index (κ3) is 4.23. The van der Waals surface area contributed by atoms with Crippen molar-refractivity contribution in [2.24, 2.45) is 0 Å². The lowest BCUT2D eigenvalue weighted by Gasteiger charge is -2.15. The maximum atomic E-state index is 5.82. The van der Waals surface area contributed by atoms with Crippen LogP contribution in [-0.2, 0) is 0 Å². The van der Waals surface area contributed by atoms with Crippen molar-refractivity contribution in [2.75, 3.05) is 10.6 Å². The van der Waals surface area contributed by atoms with Gasteiger partial charge in [0.2, 0.25) is 5.95 Å². The summed E-state index contributed by atoms with van der Waals surface area (Å²) in [6.45, 7) is 4.01. The van der Waals surface area contributed by atoms with Crippen LogP contribution in [0.25, 0.3) is 0 Å². The SMILES string of the molecule is CC(C)Oc1ccccc1Nc1ccnc(Nc2ccccc2)n1. The van der Waals surface area contributed by atoms with Crippen molar-refractivity contribution >= 4 is 23.1 Å². The lowest BCUT2D eigenvalue weighted by molar-refractivity contribution is 0.244. The second kappa shape index (κ2) is 7.46. The Morgan fingerprint density at radius 1 is 0.875 bits per heavy atom. The lowest BCUT2D eigenvalue weighted by Crippen LogP contribution is -2.07. The number of benzene rings is 2. The van der Waals surface area contributed by atoms with E-state index in [-0.39, 0.29) is 6.10 Å². The highest BCUT2D eigenvalue weighted by Gasteiger charge is 2.07. The van der Waals surface area contributed by atoms with E-state index in [0.29, 0.717) is 11.8 Å². The van der Waals surface area contributed by atoms with Gasteiger partial charge in [-0.15, -0.1) is 0 Å². The molecule has 2 N–H and O–H groups in total. The number of anilines is 4. The van der Waals surface area contributed by atoms with Crippen molar-refractivity contribution in [3.05, 3.63) is 66.9 Å². The predicted octanol–water partition coefficient (Wildman–Crippen LogP) is 4.75. The summed E-state index contributed by atoms with van der Waals surface area (Å²) in [4.78, 5) is 8.75. The molecule has 0 radical (unpaired) electrons. The molecule has 24 heavy (non-hydrogen) atoms. The van der Waals surface area contributed by atoms with Gasteiger partial charge in [-0.25, -0.2) is 4.98 Å². The minimum atomic E-state index is 0.105. The molecule has 1 aromatic heterocycles. The van der Waals surface area contributed by atoms with Crippen LogP contribution in [0.1, 0.15) is 13.8 Å². The average molecular weight is 320 g/mol. The van der Waals surface area contributed by atoms with E-state index in [0.717, 1.165) is 17.1 Å². The summed E-state index contributed by atoms with van der Waals surface area (Å²) >= 11 is 0. The summed E-state index contributed by atoms with van der Waals surface area (Å²) in [5.74, 6) is 2.03. The Bertz CT molecular complexity index is 790. The van der Waals surface area contributed by atoms with Crippen LogP contribution >= 0.6 is 0 Å². The van der Waals surface area contributed by atoms with Crippen molar-refractivity contribution in [3.63, 3.8) is 0 Å². The highest BCUT2D eigenvalue weighted by molar-refractivity contribution is 5.65. The van der Waals surface area contributed by atoms with Gasteiger partial charge in [0.25, 0.3) is 0 Å². The molecule has 1 heterocycles. The van der Waals surface area contributed by atoms with Gasteiger partial charge < -0.3 is 15.4 Å². The molecule has 3 rings (SSSR count). The van der Waals surface area contributed by atoms with Crippen molar-refractivity contribution in [1.29, 1.82) is 0 Å². The molecule has 5 heteroatoms. The van der Waals surface area contributed by atoms with Gasteiger partial charge in [-0.3, -0.25) is 0 Å². The molecule has 0 fully saturated rings. The number of nitrogens with one attached hydrogen (secondary N) is 2. The minimum Gasteiger partial charge on any atom is -0.489 e. The largest absolute Gasteiger partial charge is 0.489 e. The summed E-state index contributed by atoms with van der Waals surface area (Å²) in [5, 5.41) is 6.47. The smallest absolute Gasteiger partial charge is 0.229 e. The number of hydrogen-bond acceptors (Lipinski definition) is 5. The third-order valence-electron chi connectivity index (χ3n) is 3.20. The van der Waals surface area contributed by atoms with Gasteiger partial charge in [-0.05, 0) is 44.2 Å². The van der Waals surface area contributed by atoms with E-state index < -0.39 is 0 Å². The average Bonchev–Trinajstić information content (AvgIpc) is 2.57. The highest BCUT2D eigenvalue weighted by Crippen LogP contribution is 2.27. The first-order valence-corrected chi connectivity index (χ1v) is 7.88. The third-order valence-corrected chi connectivity index (χ3v) is 3.20. The minimum absolute atomic E-state index is 0.105. The van der Waals surface area contributed by atoms with Crippen LogP contribution in [0.5, 0.6) is 5.75 Å².